The largest absolute Gasteiger partial charge is 0.268 e. The van der Waals surface area contributed by atoms with Crippen LogP contribution in [0.1, 0.15) is 18.7 Å². The first kappa shape index (κ1) is 11.1. The Kier molecular flexibility index (Phi) is 5.16. The standard InChI is InChI=1S/C10H15N3S/c1-14-9-3-2-7-13-8-6-12-10(13)4-5-11/h6,8H,2-4,7,9H2,1H3/p+1. The summed E-state index contributed by atoms with van der Waals surface area (Å²) < 4.78 is 2.13. The Bertz CT molecular complexity index is 301. The molecule has 0 radical (unpaired) electrons. The van der Waals surface area contributed by atoms with E-state index in [0.717, 1.165) is 12.4 Å². The van der Waals surface area contributed by atoms with Gasteiger partial charge in [0.25, 0.3) is 5.82 Å². The molecule has 0 unspecified atom stereocenters. The van der Waals surface area contributed by atoms with Crippen molar-refractivity contribution in [2.45, 2.75) is 25.8 Å². The molecule has 1 heterocycles. The normalized spacial score (nSPS) is 10.0. The molecule has 1 aromatic rings. The number of unbranched alkanes of at least 4 members (excludes halogenated alkanes) is 1. The second-order valence-electron chi connectivity index (χ2n) is 3.13. The highest BCUT2D eigenvalue weighted by molar-refractivity contribution is 7.98. The number of thioether (sulfide) groups is 1. The fraction of sp³-hybridized carbons (Fsp3) is 0.600. The minimum absolute atomic E-state index is 0.468. The van der Waals surface area contributed by atoms with Crippen LogP contribution in [-0.2, 0) is 13.0 Å². The number of aromatic nitrogens is 2. The maximum Gasteiger partial charge on any atom is 0.268 e. The number of nitriles is 1. The van der Waals surface area contributed by atoms with Crippen LogP contribution in [0.3, 0.4) is 0 Å². The zero-order chi connectivity index (χ0) is 10.2. The van der Waals surface area contributed by atoms with Gasteiger partial charge in [-0.2, -0.15) is 17.0 Å². The molecule has 0 spiro atoms. The van der Waals surface area contributed by atoms with E-state index in [1.807, 2.05) is 24.2 Å². The predicted octanol–water partition coefficient (Wildman–Crippen LogP) is 1.51. The fourth-order valence-electron chi connectivity index (χ4n) is 1.36. The SMILES string of the molecule is CSCCCC[n+]1cc[nH]c1CC#N. The van der Waals surface area contributed by atoms with Crippen molar-refractivity contribution < 1.29 is 4.57 Å². The van der Waals surface area contributed by atoms with E-state index in [2.05, 4.69) is 21.9 Å². The van der Waals surface area contributed by atoms with E-state index in [1.165, 1.54) is 18.6 Å². The average molecular weight is 210 g/mol. The van der Waals surface area contributed by atoms with Crippen molar-refractivity contribution in [1.82, 2.24) is 4.98 Å². The molecule has 1 aromatic heterocycles. The number of aryl methyl sites for hydroxylation is 1. The molecule has 1 N–H and O–H groups in total. The summed E-state index contributed by atoms with van der Waals surface area (Å²) in [6, 6.07) is 2.16. The molecule has 0 aliphatic carbocycles. The molecule has 76 valence electrons. The summed E-state index contributed by atoms with van der Waals surface area (Å²) in [5, 5.41) is 8.59. The van der Waals surface area contributed by atoms with Gasteiger partial charge in [0.1, 0.15) is 18.8 Å². The lowest BCUT2D eigenvalue weighted by Gasteiger charge is -1.98. The first-order valence-corrected chi connectivity index (χ1v) is 6.19. The minimum atomic E-state index is 0.468. The summed E-state index contributed by atoms with van der Waals surface area (Å²) in [7, 11) is 0. The van der Waals surface area contributed by atoms with Gasteiger partial charge in [0, 0.05) is 0 Å². The van der Waals surface area contributed by atoms with Crippen LogP contribution in [0.4, 0.5) is 0 Å². The van der Waals surface area contributed by atoms with Crippen molar-refractivity contribution in [2.24, 2.45) is 0 Å². The van der Waals surface area contributed by atoms with E-state index < -0.39 is 0 Å². The van der Waals surface area contributed by atoms with E-state index in [1.54, 1.807) is 0 Å². The van der Waals surface area contributed by atoms with Crippen molar-refractivity contribution in [3.05, 3.63) is 18.2 Å². The summed E-state index contributed by atoms with van der Waals surface area (Å²) in [4.78, 5) is 3.08. The molecule has 1 rings (SSSR count). The van der Waals surface area contributed by atoms with Gasteiger partial charge in [0.05, 0.1) is 12.6 Å². The van der Waals surface area contributed by atoms with Gasteiger partial charge >= 0.3 is 0 Å². The molecule has 0 aromatic carbocycles. The molecule has 14 heavy (non-hydrogen) atoms. The van der Waals surface area contributed by atoms with E-state index in [4.69, 9.17) is 5.26 Å². The van der Waals surface area contributed by atoms with Crippen molar-refractivity contribution in [3.63, 3.8) is 0 Å². The van der Waals surface area contributed by atoms with Crippen LogP contribution in [-0.4, -0.2) is 17.0 Å². The first-order valence-electron chi connectivity index (χ1n) is 4.80. The number of hydrogen-bond acceptors (Lipinski definition) is 2. The molecule has 0 amide bonds. The molecule has 3 nitrogen and oxygen atoms in total. The zero-order valence-corrected chi connectivity index (χ0v) is 9.31. The van der Waals surface area contributed by atoms with Gasteiger partial charge < -0.3 is 0 Å². The van der Waals surface area contributed by atoms with Gasteiger partial charge in [-0.3, -0.25) is 0 Å². The summed E-state index contributed by atoms with van der Waals surface area (Å²) in [6.45, 7) is 1.01. The number of rotatable bonds is 6. The lowest BCUT2D eigenvalue weighted by Crippen LogP contribution is -2.35. The van der Waals surface area contributed by atoms with Crippen LogP contribution in [0.5, 0.6) is 0 Å². The number of imidazole rings is 1. The Labute approximate surface area is 89.1 Å². The third-order valence-corrected chi connectivity index (χ3v) is 2.79. The van der Waals surface area contributed by atoms with Crippen LogP contribution in [0, 0.1) is 11.3 Å². The molecule has 0 saturated heterocycles. The van der Waals surface area contributed by atoms with Crippen molar-refractivity contribution in [3.8, 4) is 6.07 Å². The summed E-state index contributed by atoms with van der Waals surface area (Å²) in [5.41, 5.74) is 0. The van der Waals surface area contributed by atoms with E-state index in [0.29, 0.717) is 6.42 Å². The quantitative estimate of drug-likeness (QED) is 0.571. The average Bonchev–Trinajstić information content (AvgIpc) is 2.61. The number of aromatic amines is 1. The summed E-state index contributed by atoms with van der Waals surface area (Å²) >= 11 is 1.88. The van der Waals surface area contributed by atoms with Crippen LogP contribution in [0.15, 0.2) is 12.4 Å². The van der Waals surface area contributed by atoms with Crippen LogP contribution >= 0.6 is 11.8 Å². The molecular weight excluding hydrogens is 194 g/mol. The molecule has 0 aliphatic heterocycles. The number of nitrogens with one attached hydrogen (secondary N) is 1. The van der Waals surface area contributed by atoms with Crippen molar-refractivity contribution in [1.29, 1.82) is 5.26 Å². The molecule has 4 heteroatoms. The Morgan fingerprint density at radius 1 is 1.57 bits per heavy atom. The molecular formula is C10H16N3S+. The molecule has 0 saturated carbocycles. The van der Waals surface area contributed by atoms with Crippen LogP contribution < -0.4 is 4.57 Å². The second-order valence-corrected chi connectivity index (χ2v) is 4.12. The maximum absolute atomic E-state index is 8.59. The monoisotopic (exact) mass is 210 g/mol. The zero-order valence-electron chi connectivity index (χ0n) is 8.49. The van der Waals surface area contributed by atoms with Crippen molar-refractivity contribution >= 4 is 11.8 Å². The summed E-state index contributed by atoms with van der Waals surface area (Å²) in [6.07, 6.45) is 8.92. The van der Waals surface area contributed by atoms with Gasteiger partial charge in [-0.05, 0) is 24.9 Å². The van der Waals surface area contributed by atoms with Gasteiger partial charge in [-0.15, -0.1) is 0 Å². The third kappa shape index (κ3) is 3.43. The number of H-pyrrole nitrogens is 1. The smallest absolute Gasteiger partial charge is 0.247 e. The molecule has 0 atom stereocenters. The second kappa shape index (κ2) is 6.50. The number of hydrogen-bond donors (Lipinski definition) is 1. The van der Waals surface area contributed by atoms with Gasteiger partial charge in [-0.1, -0.05) is 0 Å². The topological polar surface area (TPSA) is 43.5 Å². The predicted molar refractivity (Wildman–Crippen MR) is 57.9 cm³/mol. The Morgan fingerprint density at radius 3 is 3.14 bits per heavy atom. The first-order chi connectivity index (χ1) is 6.88. The Hall–Kier alpha value is -0.950. The maximum atomic E-state index is 8.59. The summed E-state index contributed by atoms with van der Waals surface area (Å²) in [5.74, 6) is 2.23. The van der Waals surface area contributed by atoms with E-state index in [9.17, 15) is 0 Å². The minimum Gasteiger partial charge on any atom is -0.247 e. The van der Waals surface area contributed by atoms with Crippen molar-refractivity contribution in [2.75, 3.05) is 12.0 Å². The highest BCUT2D eigenvalue weighted by atomic mass is 32.2. The Morgan fingerprint density at radius 2 is 2.43 bits per heavy atom. The third-order valence-electron chi connectivity index (χ3n) is 2.10. The Balaban J connectivity index is 2.35. The number of nitrogens with zero attached hydrogens (tertiary/aromatic N) is 2. The van der Waals surface area contributed by atoms with Gasteiger partial charge in [0.15, 0.2) is 0 Å². The van der Waals surface area contributed by atoms with E-state index in [-0.39, 0.29) is 0 Å². The van der Waals surface area contributed by atoms with Crippen LogP contribution in [0.2, 0.25) is 0 Å². The highest BCUT2D eigenvalue weighted by Gasteiger charge is 2.08. The van der Waals surface area contributed by atoms with Crippen LogP contribution in [0.25, 0.3) is 0 Å². The molecule has 0 aliphatic rings. The molecule has 0 bridgehead atoms. The lowest BCUT2D eigenvalue weighted by atomic mass is 10.3. The molecule has 0 fully saturated rings. The van der Waals surface area contributed by atoms with Gasteiger partial charge in [-0.25, -0.2) is 9.55 Å². The fourth-order valence-corrected chi connectivity index (χ4v) is 1.85. The van der Waals surface area contributed by atoms with E-state index >= 15 is 0 Å². The highest BCUT2D eigenvalue weighted by Crippen LogP contribution is 1.99. The van der Waals surface area contributed by atoms with Gasteiger partial charge in [0.2, 0.25) is 0 Å². The lowest BCUT2D eigenvalue weighted by molar-refractivity contribution is -0.702.